The first kappa shape index (κ1) is 20.7. The van der Waals surface area contributed by atoms with Gasteiger partial charge in [-0.2, -0.15) is 0 Å². The summed E-state index contributed by atoms with van der Waals surface area (Å²) in [5.41, 5.74) is 1.97. The molecule has 0 spiro atoms. The number of para-hydroxylation sites is 1. The molecule has 3 aromatic rings. The van der Waals surface area contributed by atoms with Crippen molar-refractivity contribution < 1.29 is 13.2 Å². The minimum absolute atomic E-state index is 0.0122. The summed E-state index contributed by atoms with van der Waals surface area (Å²) in [4.78, 5) is 16.9. The predicted octanol–water partition coefficient (Wildman–Crippen LogP) is 2.90. The van der Waals surface area contributed by atoms with Gasteiger partial charge >= 0.3 is 0 Å². The van der Waals surface area contributed by atoms with Crippen LogP contribution in [0.3, 0.4) is 0 Å². The van der Waals surface area contributed by atoms with Crippen LogP contribution in [0.5, 0.6) is 0 Å². The van der Waals surface area contributed by atoms with E-state index in [1.54, 1.807) is 29.8 Å². The van der Waals surface area contributed by atoms with Crippen LogP contribution < -0.4 is 5.32 Å². The van der Waals surface area contributed by atoms with Gasteiger partial charge in [-0.1, -0.05) is 50.2 Å². The van der Waals surface area contributed by atoms with Gasteiger partial charge in [-0.05, 0) is 36.6 Å². The van der Waals surface area contributed by atoms with Gasteiger partial charge in [-0.3, -0.25) is 4.79 Å². The maximum Gasteiger partial charge on any atom is 0.291 e. The van der Waals surface area contributed by atoms with Crippen LogP contribution in [-0.2, 0) is 9.84 Å². The van der Waals surface area contributed by atoms with E-state index in [1.807, 2.05) is 24.3 Å². The van der Waals surface area contributed by atoms with Crippen LogP contribution in [0.4, 0.5) is 0 Å². The number of hydrogen-bond donors (Lipinski definition) is 1. The highest BCUT2D eigenvalue weighted by molar-refractivity contribution is 7.91. The molecule has 7 nitrogen and oxygen atoms in total. The maximum absolute atomic E-state index is 12.4. The first-order chi connectivity index (χ1) is 13.8. The van der Waals surface area contributed by atoms with Crippen LogP contribution in [0.15, 0.2) is 59.5 Å². The number of hydrogen-bond acceptors (Lipinski definition) is 5. The first-order valence-corrected chi connectivity index (χ1v) is 11.0. The molecule has 8 heteroatoms. The van der Waals surface area contributed by atoms with E-state index >= 15 is 0 Å². The number of rotatable bonds is 7. The molecular weight excluding hydrogens is 388 g/mol. The molecule has 1 amide bonds. The zero-order chi connectivity index (χ0) is 21.0. The number of benzene rings is 2. The summed E-state index contributed by atoms with van der Waals surface area (Å²) in [5, 5.41) is 6.94. The topological polar surface area (TPSA) is 93.9 Å². The number of aromatic nitrogens is 3. The molecular formula is C21H24N4O3S. The normalized spacial score (nSPS) is 11.6. The molecule has 0 radical (unpaired) electrons. The molecule has 0 bridgehead atoms. The van der Waals surface area contributed by atoms with Crippen LogP contribution in [0.2, 0.25) is 0 Å². The van der Waals surface area contributed by atoms with E-state index in [0.29, 0.717) is 5.82 Å². The molecule has 0 atom stereocenters. The van der Waals surface area contributed by atoms with E-state index in [2.05, 4.69) is 29.2 Å². The molecule has 0 fully saturated rings. The van der Waals surface area contributed by atoms with Crippen molar-refractivity contribution in [2.24, 2.45) is 0 Å². The van der Waals surface area contributed by atoms with Gasteiger partial charge in [0, 0.05) is 6.54 Å². The number of aryl methyl sites for hydroxylation is 1. The van der Waals surface area contributed by atoms with Gasteiger partial charge in [-0.25, -0.2) is 18.1 Å². The van der Waals surface area contributed by atoms with Crippen molar-refractivity contribution >= 4 is 15.7 Å². The molecule has 0 unspecified atom stereocenters. The van der Waals surface area contributed by atoms with E-state index in [1.165, 1.54) is 12.1 Å². The Balaban J connectivity index is 1.71. The van der Waals surface area contributed by atoms with Crippen LogP contribution >= 0.6 is 0 Å². The van der Waals surface area contributed by atoms with Crippen molar-refractivity contribution in [2.45, 2.75) is 31.6 Å². The minimum Gasteiger partial charge on any atom is -0.348 e. The quantitative estimate of drug-likeness (QED) is 0.644. The lowest BCUT2D eigenvalue weighted by molar-refractivity contribution is 0.0946. The van der Waals surface area contributed by atoms with Crippen molar-refractivity contribution in [2.75, 3.05) is 12.3 Å². The van der Waals surface area contributed by atoms with Crippen molar-refractivity contribution in [1.29, 1.82) is 0 Å². The molecule has 1 heterocycles. The monoisotopic (exact) mass is 412 g/mol. The third kappa shape index (κ3) is 4.71. The van der Waals surface area contributed by atoms with Crippen LogP contribution in [-0.4, -0.2) is 41.4 Å². The molecule has 1 N–H and O–H groups in total. The summed E-state index contributed by atoms with van der Waals surface area (Å²) in [7, 11) is -3.46. The van der Waals surface area contributed by atoms with Gasteiger partial charge in [0.15, 0.2) is 9.84 Å². The van der Waals surface area contributed by atoms with Gasteiger partial charge in [0.1, 0.15) is 5.82 Å². The van der Waals surface area contributed by atoms with E-state index < -0.39 is 15.7 Å². The highest BCUT2D eigenvalue weighted by Gasteiger charge is 2.19. The molecule has 0 aliphatic carbocycles. The van der Waals surface area contributed by atoms with Crippen molar-refractivity contribution in [3.63, 3.8) is 0 Å². The number of nitrogens with one attached hydrogen (secondary N) is 1. The fourth-order valence-electron chi connectivity index (χ4n) is 3.01. The average molecular weight is 413 g/mol. The van der Waals surface area contributed by atoms with Gasteiger partial charge in [0.05, 0.1) is 16.3 Å². The average Bonchev–Trinajstić information content (AvgIpc) is 3.10. The zero-order valence-electron chi connectivity index (χ0n) is 16.7. The van der Waals surface area contributed by atoms with E-state index in [-0.39, 0.29) is 28.9 Å². The standard InChI is InChI=1S/C21H24N4O3S/c1-15(2)18-11-7-8-12-19(18)25-16(3)23-20(24-25)21(26)22-13-14-29(27,28)17-9-5-4-6-10-17/h4-12,15H,13-14H2,1-3H3,(H,22,26). The van der Waals surface area contributed by atoms with Crippen molar-refractivity contribution in [3.05, 3.63) is 71.8 Å². The molecule has 0 aliphatic rings. The number of sulfone groups is 1. The SMILES string of the molecule is Cc1nc(C(=O)NCCS(=O)(=O)c2ccccc2)nn1-c1ccccc1C(C)C. The Morgan fingerprint density at radius 1 is 1.07 bits per heavy atom. The number of amides is 1. The van der Waals surface area contributed by atoms with Gasteiger partial charge < -0.3 is 5.32 Å². The fourth-order valence-corrected chi connectivity index (χ4v) is 4.19. The third-order valence-corrected chi connectivity index (χ3v) is 6.25. The molecule has 3 rings (SSSR count). The van der Waals surface area contributed by atoms with Gasteiger partial charge in [0.2, 0.25) is 5.82 Å². The Morgan fingerprint density at radius 2 is 1.72 bits per heavy atom. The maximum atomic E-state index is 12.4. The minimum atomic E-state index is -3.46. The molecule has 1 aromatic heterocycles. The summed E-state index contributed by atoms with van der Waals surface area (Å²) in [6.07, 6.45) is 0. The van der Waals surface area contributed by atoms with Gasteiger partial charge in [0.25, 0.3) is 5.91 Å². The number of nitrogens with zero attached hydrogens (tertiary/aromatic N) is 3. The van der Waals surface area contributed by atoms with E-state index in [4.69, 9.17) is 0 Å². The van der Waals surface area contributed by atoms with E-state index in [9.17, 15) is 13.2 Å². The summed E-state index contributed by atoms with van der Waals surface area (Å²) in [6, 6.07) is 16.0. The van der Waals surface area contributed by atoms with Gasteiger partial charge in [-0.15, -0.1) is 5.10 Å². The lowest BCUT2D eigenvalue weighted by Gasteiger charge is -2.12. The second-order valence-corrected chi connectivity index (χ2v) is 9.10. The fraction of sp³-hybridized carbons (Fsp3) is 0.286. The summed E-state index contributed by atoms with van der Waals surface area (Å²) in [6.45, 7) is 5.94. The Hall–Kier alpha value is -3.00. The lowest BCUT2D eigenvalue weighted by Crippen LogP contribution is -2.30. The van der Waals surface area contributed by atoms with Crippen molar-refractivity contribution in [1.82, 2.24) is 20.1 Å². The molecule has 152 valence electrons. The first-order valence-electron chi connectivity index (χ1n) is 9.38. The Morgan fingerprint density at radius 3 is 2.41 bits per heavy atom. The number of carbonyl (C=O) groups excluding carboxylic acids is 1. The summed E-state index contributed by atoms with van der Waals surface area (Å²) in [5.74, 6) is 0.185. The van der Waals surface area contributed by atoms with Crippen LogP contribution in [0, 0.1) is 6.92 Å². The smallest absolute Gasteiger partial charge is 0.291 e. The predicted molar refractivity (Wildman–Crippen MR) is 111 cm³/mol. The molecule has 0 saturated heterocycles. The molecule has 0 aliphatic heterocycles. The highest BCUT2D eigenvalue weighted by atomic mass is 32.2. The summed E-state index contributed by atoms with van der Waals surface area (Å²) >= 11 is 0. The highest BCUT2D eigenvalue weighted by Crippen LogP contribution is 2.23. The lowest BCUT2D eigenvalue weighted by atomic mass is 10.0. The Labute approximate surface area is 170 Å². The molecule has 0 saturated carbocycles. The molecule has 29 heavy (non-hydrogen) atoms. The Kier molecular flexibility index (Phi) is 6.12. The van der Waals surface area contributed by atoms with Crippen LogP contribution in [0.25, 0.3) is 5.69 Å². The van der Waals surface area contributed by atoms with E-state index in [0.717, 1.165) is 11.3 Å². The molecule has 2 aromatic carbocycles. The second-order valence-electron chi connectivity index (χ2n) is 7.00. The summed E-state index contributed by atoms with van der Waals surface area (Å²) < 4.78 is 26.3. The largest absolute Gasteiger partial charge is 0.348 e. The second kappa shape index (κ2) is 8.57. The van der Waals surface area contributed by atoms with Crippen LogP contribution in [0.1, 0.15) is 41.8 Å². The zero-order valence-corrected chi connectivity index (χ0v) is 17.5. The Bertz CT molecular complexity index is 1110. The number of carbonyl (C=O) groups is 1. The van der Waals surface area contributed by atoms with Crippen molar-refractivity contribution in [3.8, 4) is 5.69 Å². The third-order valence-electron chi connectivity index (χ3n) is 4.52.